The summed E-state index contributed by atoms with van der Waals surface area (Å²) in [5.74, 6) is -1.20. The average molecular weight is 334 g/mol. The first-order valence-electron chi connectivity index (χ1n) is 4.91. The Hall–Kier alpha value is -1.18. The van der Waals surface area contributed by atoms with Gasteiger partial charge in [0.05, 0.1) is 10.5 Å². The first-order chi connectivity index (χ1) is 8.24. The van der Waals surface area contributed by atoms with E-state index >= 15 is 0 Å². The first-order valence-corrected chi connectivity index (χ1v) is 7.18. The van der Waals surface area contributed by atoms with Gasteiger partial charge >= 0.3 is 5.97 Å². The number of sulfonamides is 1. The van der Waals surface area contributed by atoms with E-state index in [0.717, 1.165) is 6.07 Å². The van der Waals surface area contributed by atoms with Crippen molar-refractivity contribution in [3.8, 4) is 0 Å². The minimum absolute atomic E-state index is 0.0932. The number of carbonyl (C=O) groups is 1. The van der Waals surface area contributed by atoms with Crippen LogP contribution in [0.5, 0.6) is 0 Å². The molecule has 18 heavy (non-hydrogen) atoms. The Kier molecular flexibility index (Phi) is 4.66. The third-order valence-electron chi connectivity index (χ3n) is 2.04. The summed E-state index contributed by atoms with van der Waals surface area (Å²) in [7, 11) is -3.72. The van der Waals surface area contributed by atoms with Crippen molar-refractivity contribution in [1.29, 1.82) is 0 Å². The van der Waals surface area contributed by atoms with Crippen molar-refractivity contribution >= 4 is 31.9 Å². The molecule has 0 aliphatic carbocycles. The molecule has 0 saturated carbocycles. The maximum atomic E-state index is 11.9. The highest BCUT2D eigenvalue weighted by atomic mass is 79.9. The van der Waals surface area contributed by atoms with Crippen molar-refractivity contribution in [1.82, 2.24) is 4.72 Å². The fourth-order valence-corrected chi connectivity index (χ4v) is 2.68. The Morgan fingerprint density at radius 1 is 1.50 bits per heavy atom. The van der Waals surface area contributed by atoms with Crippen molar-refractivity contribution in [2.24, 2.45) is 0 Å². The fraction of sp³-hybridized carbons (Fsp3) is 0.182. The van der Waals surface area contributed by atoms with Gasteiger partial charge in [-0.25, -0.2) is 17.9 Å². The van der Waals surface area contributed by atoms with Crippen molar-refractivity contribution in [2.75, 3.05) is 6.54 Å². The quantitative estimate of drug-likeness (QED) is 0.807. The van der Waals surface area contributed by atoms with E-state index in [9.17, 15) is 13.2 Å². The van der Waals surface area contributed by atoms with Crippen molar-refractivity contribution in [2.45, 2.75) is 11.8 Å². The lowest BCUT2D eigenvalue weighted by Crippen LogP contribution is -2.25. The Morgan fingerprint density at radius 3 is 2.61 bits per heavy atom. The smallest absolute Gasteiger partial charge is 0.336 e. The highest BCUT2D eigenvalue weighted by Crippen LogP contribution is 2.21. The zero-order valence-corrected chi connectivity index (χ0v) is 12.0. The molecular weight excluding hydrogens is 322 g/mol. The largest absolute Gasteiger partial charge is 0.478 e. The van der Waals surface area contributed by atoms with Gasteiger partial charge in [0.25, 0.3) is 0 Å². The van der Waals surface area contributed by atoms with E-state index in [0.29, 0.717) is 10.0 Å². The zero-order valence-electron chi connectivity index (χ0n) is 9.60. The van der Waals surface area contributed by atoms with Gasteiger partial charge in [0.1, 0.15) is 0 Å². The van der Waals surface area contributed by atoms with Gasteiger partial charge in [-0.15, -0.1) is 0 Å². The van der Waals surface area contributed by atoms with Crippen molar-refractivity contribution in [3.05, 3.63) is 40.4 Å². The number of carboxylic acid groups (broad SMARTS) is 1. The van der Waals surface area contributed by atoms with Gasteiger partial charge in [-0.05, 0) is 41.1 Å². The van der Waals surface area contributed by atoms with Crippen LogP contribution in [0.4, 0.5) is 0 Å². The lowest BCUT2D eigenvalue weighted by atomic mass is 10.2. The maximum absolute atomic E-state index is 11.9. The molecule has 5 nitrogen and oxygen atoms in total. The van der Waals surface area contributed by atoms with Crippen LogP contribution in [0.1, 0.15) is 17.3 Å². The van der Waals surface area contributed by atoms with Gasteiger partial charge in [0, 0.05) is 11.0 Å². The summed E-state index contributed by atoms with van der Waals surface area (Å²) in [6.07, 6.45) is 0. The third kappa shape index (κ3) is 3.66. The average Bonchev–Trinajstić information content (AvgIpc) is 2.26. The van der Waals surface area contributed by atoms with Crippen LogP contribution in [0.15, 0.2) is 39.7 Å². The molecule has 0 amide bonds. The summed E-state index contributed by atoms with van der Waals surface area (Å²) in [5.41, 5.74) is 0.558. The second-order valence-electron chi connectivity index (χ2n) is 3.73. The predicted molar refractivity (Wildman–Crippen MR) is 71.1 cm³/mol. The Morgan fingerprint density at radius 2 is 2.11 bits per heavy atom. The molecule has 1 aromatic rings. The van der Waals surface area contributed by atoms with Gasteiger partial charge in [0.15, 0.2) is 0 Å². The van der Waals surface area contributed by atoms with Crippen LogP contribution in [-0.4, -0.2) is 26.0 Å². The number of carboxylic acids is 1. The molecule has 0 heterocycles. The summed E-state index contributed by atoms with van der Waals surface area (Å²) >= 11 is 3.05. The molecule has 0 spiro atoms. The molecule has 7 heteroatoms. The molecule has 98 valence electrons. The summed E-state index contributed by atoms with van der Waals surface area (Å²) < 4.78 is 26.4. The second kappa shape index (κ2) is 5.64. The third-order valence-corrected chi connectivity index (χ3v) is 4.13. The van der Waals surface area contributed by atoms with E-state index in [1.54, 1.807) is 6.92 Å². The fourth-order valence-electron chi connectivity index (χ4n) is 1.14. The number of hydrogen-bond acceptors (Lipinski definition) is 3. The molecule has 0 aliphatic rings. The molecule has 0 unspecified atom stereocenters. The molecule has 1 rings (SSSR count). The Balaban J connectivity index is 3.14. The molecule has 0 aliphatic heterocycles. The van der Waals surface area contributed by atoms with Gasteiger partial charge in [-0.1, -0.05) is 12.2 Å². The SMILES string of the molecule is C=C(C)CNS(=O)(=O)c1ccc(Br)c(C(=O)O)c1. The molecule has 0 saturated heterocycles. The zero-order chi connectivity index (χ0) is 13.9. The highest BCUT2D eigenvalue weighted by Gasteiger charge is 2.17. The summed E-state index contributed by atoms with van der Waals surface area (Å²) in [4.78, 5) is 10.8. The number of rotatable bonds is 5. The van der Waals surface area contributed by atoms with Crippen LogP contribution in [0, 0.1) is 0 Å². The number of halogens is 1. The van der Waals surface area contributed by atoms with Crippen LogP contribution in [-0.2, 0) is 10.0 Å². The minimum atomic E-state index is -3.72. The van der Waals surface area contributed by atoms with E-state index in [1.807, 2.05) is 0 Å². The molecule has 0 atom stereocenters. The van der Waals surface area contributed by atoms with E-state index in [2.05, 4.69) is 27.2 Å². The Bertz CT molecular complexity index is 595. The van der Waals surface area contributed by atoms with E-state index in [-0.39, 0.29) is 17.0 Å². The number of nitrogens with one attached hydrogen (secondary N) is 1. The van der Waals surface area contributed by atoms with Crippen LogP contribution in [0.2, 0.25) is 0 Å². The van der Waals surface area contributed by atoms with Gasteiger partial charge in [-0.3, -0.25) is 0 Å². The maximum Gasteiger partial charge on any atom is 0.336 e. The molecule has 0 bridgehead atoms. The molecule has 0 fully saturated rings. The van der Waals surface area contributed by atoms with E-state index in [1.165, 1.54) is 12.1 Å². The molecular formula is C11H12BrNO4S. The van der Waals surface area contributed by atoms with Crippen molar-refractivity contribution < 1.29 is 18.3 Å². The minimum Gasteiger partial charge on any atom is -0.478 e. The van der Waals surface area contributed by atoms with Crippen LogP contribution < -0.4 is 4.72 Å². The van der Waals surface area contributed by atoms with Gasteiger partial charge in [-0.2, -0.15) is 0 Å². The standard InChI is InChI=1S/C11H12BrNO4S/c1-7(2)6-13-18(16,17)8-3-4-10(12)9(5-8)11(14)15/h3-5,13H,1,6H2,2H3,(H,14,15). The summed E-state index contributed by atoms with van der Waals surface area (Å²) in [6.45, 7) is 5.38. The second-order valence-corrected chi connectivity index (χ2v) is 6.35. The van der Waals surface area contributed by atoms with Crippen LogP contribution in [0.25, 0.3) is 0 Å². The van der Waals surface area contributed by atoms with Crippen molar-refractivity contribution in [3.63, 3.8) is 0 Å². The topological polar surface area (TPSA) is 83.5 Å². The monoisotopic (exact) mass is 333 g/mol. The predicted octanol–water partition coefficient (Wildman–Crippen LogP) is 2.00. The number of aromatic carboxylic acids is 1. The lowest BCUT2D eigenvalue weighted by molar-refractivity contribution is 0.0695. The summed E-state index contributed by atoms with van der Waals surface area (Å²) in [6, 6.07) is 3.82. The van der Waals surface area contributed by atoms with Gasteiger partial charge in [0.2, 0.25) is 10.0 Å². The lowest BCUT2D eigenvalue weighted by Gasteiger charge is -2.08. The first kappa shape index (κ1) is 14.9. The van der Waals surface area contributed by atoms with Gasteiger partial charge < -0.3 is 5.11 Å². The highest BCUT2D eigenvalue weighted by molar-refractivity contribution is 9.10. The van der Waals surface area contributed by atoms with E-state index < -0.39 is 16.0 Å². The number of benzene rings is 1. The number of hydrogen-bond donors (Lipinski definition) is 2. The van der Waals surface area contributed by atoms with E-state index in [4.69, 9.17) is 5.11 Å². The van der Waals surface area contributed by atoms with Crippen LogP contribution >= 0.6 is 15.9 Å². The van der Waals surface area contributed by atoms with Crippen LogP contribution in [0.3, 0.4) is 0 Å². The summed E-state index contributed by atoms with van der Waals surface area (Å²) in [5, 5.41) is 8.91. The molecule has 2 N–H and O–H groups in total. The molecule has 0 radical (unpaired) electrons. The molecule has 1 aromatic carbocycles. The normalized spacial score (nSPS) is 11.2. The Labute approximate surface area is 114 Å². The molecule has 0 aromatic heterocycles.